The first kappa shape index (κ1) is 25.6. The zero-order chi connectivity index (χ0) is 27.0. The van der Waals surface area contributed by atoms with Gasteiger partial charge in [0.05, 0.1) is 46.7 Å². The third kappa shape index (κ3) is 3.81. The lowest BCUT2D eigenvalue weighted by atomic mass is 9.71. The first-order chi connectivity index (χ1) is 17.4. The summed E-state index contributed by atoms with van der Waals surface area (Å²) in [5, 5.41) is 64.7. The van der Waals surface area contributed by atoms with Gasteiger partial charge < -0.3 is 45.8 Å². The van der Waals surface area contributed by atoms with Gasteiger partial charge in [-0.2, -0.15) is 0 Å². The Bertz CT molecular complexity index is 1290. The van der Waals surface area contributed by atoms with E-state index >= 15 is 0 Å². The quantitative estimate of drug-likeness (QED) is 0.240. The average Bonchev–Trinajstić information content (AvgIpc) is 2.82. The fourth-order valence-corrected chi connectivity index (χ4v) is 5.58. The molecular formula is C26H29NO10. The van der Waals surface area contributed by atoms with Crippen LogP contribution in [0, 0.1) is 0 Å². The van der Waals surface area contributed by atoms with Crippen molar-refractivity contribution in [3.63, 3.8) is 0 Å². The molecule has 37 heavy (non-hydrogen) atoms. The molecule has 5 rings (SSSR count). The monoisotopic (exact) mass is 515 g/mol. The summed E-state index contributed by atoms with van der Waals surface area (Å²) in [6, 6.07) is 3.25. The van der Waals surface area contributed by atoms with E-state index in [0.29, 0.717) is 0 Å². The van der Waals surface area contributed by atoms with Crippen LogP contribution < -0.4 is 5.73 Å². The number of hydrogen-bond donors (Lipinski definition) is 7. The smallest absolute Gasteiger partial charge is 0.202 e. The van der Waals surface area contributed by atoms with Gasteiger partial charge in [-0.05, 0) is 19.9 Å². The van der Waals surface area contributed by atoms with Crippen molar-refractivity contribution in [2.45, 2.75) is 75.5 Å². The van der Waals surface area contributed by atoms with Crippen LogP contribution >= 0.6 is 0 Å². The number of aromatic hydroxyl groups is 3. The Morgan fingerprint density at radius 2 is 1.78 bits per heavy atom. The number of fused-ring (bicyclic) bond motifs is 3. The van der Waals surface area contributed by atoms with Gasteiger partial charge >= 0.3 is 0 Å². The molecule has 11 nitrogen and oxygen atoms in total. The predicted octanol–water partition coefficient (Wildman–Crippen LogP) is 0.518. The van der Waals surface area contributed by atoms with E-state index in [1.54, 1.807) is 6.92 Å². The van der Waals surface area contributed by atoms with Crippen LogP contribution in [0.1, 0.15) is 75.8 Å². The van der Waals surface area contributed by atoms with Crippen molar-refractivity contribution in [3.05, 3.63) is 51.6 Å². The molecule has 0 bridgehead atoms. The van der Waals surface area contributed by atoms with Gasteiger partial charge in [0.2, 0.25) is 5.78 Å². The first-order valence-corrected chi connectivity index (χ1v) is 12.0. The van der Waals surface area contributed by atoms with Crippen molar-refractivity contribution < 1.29 is 49.7 Å². The standard InChI is InChI=1S/C26H29NO10/c1-9-21(30)13(27)6-16(36-9)37-15-8-26(35,10(2)28)7-12-18(15)25(34)20-19(23(12)32)22(31)11-4-3-5-14(29)17(11)24(20)33/h3-5,9-10,13,15-16,21,28-30,32,34-35H,6-8,27H2,1-2H3/t9-,10+,13-,15-,16-,21+,26-/m0/s1. The zero-order valence-electron chi connectivity index (χ0n) is 20.2. The molecule has 1 aliphatic heterocycles. The summed E-state index contributed by atoms with van der Waals surface area (Å²) in [6.45, 7) is 2.96. The molecule has 1 heterocycles. The van der Waals surface area contributed by atoms with E-state index in [2.05, 4.69) is 0 Å². The van der Waals surface area contributed by atoms with Gasteiger partial charge in [0.15, 0.2) is 12.1 Å². The van der Waals surface area contributed by atoms with E-state index in [-0.39, 0.29) is 41.5 Å². The van der Waals surface area contributed by atoms with Crippen molar-refractivity contribution in [2.75, 3.05) is 0 Å². The maximum atomic E-state index is 13.4. The fourth-order valence-electron chi connectivity index (χ4n) is 5.58. The number of aliphatic hydroxyl groups is 3. The Morgan fingerprint density at radius 3 is 2.43 bits per heavy atom. The summed E-state index contributed by atoms with van der Waals surface area (Å²) in [5.74, 6) is -3.37. The number of aliphatic hydroxyl groups excluding tert-OH is 2. The van der Waals surface area contributed by atoms with Gasteiger partial charge in [-0.1, -0.05) is 12.1 Å². The number of hydrogen-bond acceptors (Lipinski definition) is 11. The molecule has 0 radical (unpaired) electrons. The molecule has 3 aliphatic rings. The van der Waals surface area contributed by atoms with Crippen molar-refractivity contribution in [1.29, 1.82) is 0 Å². The van der Waals surface area contributed by atoms with Crippen LogP contribution in [0.4, 0.5) is 0 Å². The van der Waals surface area contributed by atoms with Crippen molar-refractivity contribution in [2.24, 2.45) is 5.73 Å². The van der Waals surface area contributed by atoms with Gasteiger partial charge in [0, 0.05) is 42.0 Å². The summed E-state index contributed by atoms with van der Waals surface area (Å²) in [5.41, 5.74) is 2.69. The number of rotatable bonds is 3. The lowest BCUT2D eigenvalue weighted by Crippen LogP contribution is -2.53. The van der Waals surface area contributed by atoms with Gasteiger partial charge in [-0.25, -0.2) is 0 Å². The van der Waals surface area contributed by atoms with Crippen molar-refractivity contribution >= 4 is 11.6 Å². The minimum Gasteiger partial charge on any atom is -0.507 e. The first-order valence-electron chi connectivity index (χ1n) is 12.0. The Kier molecular flexibility index (Phi) is 6.06. The largest absolute Gasteiger partial charge is 0.507 e. The third-order valence-electron chi connectivity index (χ3n) is 7.75. The number of nitrogens with two attached hydrogens (primary N) is 1. The van der Waals surface area contributed by atoms with E-state index in [1.165, 1.54) is 25.1 Å². The number of phenolic OH excluding ortho intramolecular Hbond substituents is 3. The van der Waals surface area contributed by atoms with Crippen LogP contribution in [-0.4, -0.2) is 78.5 Å². The van der Waals surface area contributed by atoms with Gasteiger partial charge in [-0.15, -0.1) is 0 Å². The van der Waals surface area contributed by atoms with Crippen LogP contribution in [0.3, 0.4) is 0 Å². The van der Waals surface area contributed by atoms with E-state index < -0.39 is 82.3 Å². The molecule has 11 heteroatoms. The normalized spacial score (nSPS) is 31.9. The van der Waals surface area contributed by atoms with Crippen LogP contribution in [0.2, 0.25) is 0 Å². The number of phenols is 3. The summed E-state index contributed by atoms with van der Waals surface area (Å²) in [7, 11) is 0. The second-order valence-corrected chi connectivity index (χ2v) is 10.1. The van der Waals surface area contributed by atoms with E-state index in [1.807, 2.05) is 0 Å². The highest BCUT2D eigenvalue weighted by Crippen LogP contribution is 2.52. The van der Waals surface area contributed by atoms with Gasteiger partial charge in [0.25, 0.3) is 0 Å². The minimum absolute atomic E-state index is 0.0439. The molecule has 0 aromatic heterocycles. The predicted molar refractivity (Wildman–Crippen MR) is 126 cm³/mol. The Balaban J connectivity index is 1.67. The maximum Gasteiger partial charge on any atom is 0.202 e. The third-order valence-corrected chi connectivity index (χ3v) is 7.75. The molecule has 8 N–H and O–H groups in total. The molecule has 0 spiro atoms. The van der Waals surface area contributed by atoms with Crippen LogP contribution in [-0.2, 0) is 15.9 Å². The minimum atomic E-state index is -1.82. The highest BCUT2D eigenvalue weighted by Gasteiger charge is 2.49. The maximum absolute atomic E-state index is 13.4. The van der Waals surface area contributed by atoms with E-state index in [4.69, 9.17) is 15.2 Å². The number of ketones is 2. The Labute approximate surface area is 211 Å². The Morgan fingerprint density at radius 1 is 1.11 bits per heavy atom. The van der Waals surface area contributed by atoms with Gasteiger partial charge in [-0.3, -0.25) is 9.59 Å². The lowest BCUT2D eigenvalue weighted by Gasteiger charge is -2.43. The molecule has 1 saturated heterocycles. The molecule has 7 atom stereocenters. The van der Waals surface area contributed by atoms with Gasteiger partial charge in [0.1, 0.15) is 17.2 Å². The number of ether oxygens (including phenoxy) is 2. The second-order valence-electron chi connectivity index (χ2n) is 10.1. The van der Waals surface area contributed by atoms with Crippen molar-refractivity contribution in [1.82, 2.24) is 0 Å². The molecule has 2 aromatic carbocycles. The number of benzene rings is 2. The molecular weight excluding hydrogens is 486 g/mol. The van der Waals surface area contributed by atoms with Crippen LogP contribution in [0.5, 0.6) is 17.2 Å². The topological polar surface area (TPSA) is 200 Å². The average molecular weight is 516 g/mol. The molecule has 0 saturated carbocycles. The summed E-state index contributed by atoms with van der Waals surface area (Å²) >= 11 is 0. The number of carbonyl (C=O) groups is 2. The second kappa shape index (κ2) is 8.76. The highest BCUT2D eigenvalue weighted by atomic mass is 16.7. The molecule has 2 aliphatic carbocycles. The van der Waals surface area contributed by atoms with Crippen molar-refractivity contribution in [3.8, 4) is 17.2 Å². The Hall–Kier alpha value is -3.06. The van der Waals surface area contributed by atoms with E-state index in [9.17, 15) is 40.2 Å². The summed E-state index contributed by atoms with van der Waals surface area (Å²) in [6.07, 6.45) is -5.63. The fraction of sp³-hybridized carbons (Fsp3) is 0.462. The highest BCUT2D eigenvalue weighted by molar-refractivity contribution is 6.31. The molecule has 2 aromatic rings. The summed E-state index contributed by atoms with van der Waals surface area (Å²) < 4.78 is 11.8. The molecule has 0 amide bonds. The molecule has 198 valence electrons. The number of carbonyl (C=O) groups excluding carboxylic acids is 2. The molecule has 0 unspecified atom stereocenters. The zero-order valence-corrected chi connectivity index (χ0v) is 20.2. The van der Waals surface area contributed by atoms with Crippen LogP contribution in [0.15, 0.2) is 18.2 Å². The molecule has 1 fully saturated rings. The van der Waals surface area contributed by atoms with Crippen LogP contribution in [0.25, 0.3) is 0 Å². The lowest BCUT2D eigenvalue weighted by molar-refractivity contribution is -0.250. The SMILES string of the molecule is C[C@@H]1O[C@@H](O[C@H]2C[C@](O)([C@@H](C)O)Cc3c(O)c4c(c(O)c32)C(=O)c2c(O)cccc2C4=O)C[C@H](N)[C@@H]1O. The van der Waals surface area contributed by atoms with E-state index in [0.717, 1.165) is 0 Å². The summed E-state index contributed by atoms with van der Waals surface area (Å²) in [4.78, 5) is 26.7.